The van der Waals surface area contributed by atoms with E-state index in [2.05, 4.69) is 66.8 Å². The lowest BCUT2D eigenvalue weighted by molar-refractivity contribution is 0.263. The van der Waals surface area contributed by atoms with Crippen molar-refractivity contribution < 1.29 is 0 Å². The maximum atomic E-state index is 4.63. The number of likely N-dealkylation sites (tertiary alicyclic amines) is 1. The van der Waals surface area contributed by atoms with E-state index in [-0.39, 0.29) is 0 Å². The highest BCUT2D eigenvalue weighted by Gasteiger charge is 2.19. The molecule has 0 radical (unpaired) electrons. The summed E-state index contributed by atoms with van der Waals surface area (Å²) in [5.74, 6) is 0.834. The molecule has 1 aromatic carbocycles. The Bertz CT molecular complexity index is 632. The largest absolute Gasteiger partial charge is 0.297 e. The molecule has 2 heterocycles. The van der Waals surface area contributed by atoms with Crippen molar-refractivity contribution in [1.29, 1.82) is 0 Å². The van der Waals surface area contributed by atoms with E-state index in [0.29, 0.717) is 6.04 Å². The number of rotatable bonds is 3. The summed E-state index contributed by atoms with van der Waals surface area (Å²) >= 11 is 0. The van der Waals surface area contributed by atoms with Gasteiger partial charge in [0.25, 0.3) is 0 Å². The van der Waals surface area contributed by atoms with Gasteiger partial charge in [0.15, 0.2) is 5.82 Å². The first-order chi connectivity index (χ1) is 10.6. The van der Waals surface area contributed by atoms with E-state index in [0.717, 1.165) is 22.8 Å². The maximum absolute atomic E-state index is 4.63. The molecule has 0 saturated carbocycles. The molecule has 3 heteroatoms. The molecule has 1 aliphatic rings. The molecule has 1 atom stereocenters. The molecule has 1 aromatic heterocycles. The summed E-state index contributed by atoms with van der Waals surface area (Å²) in [6, 6.07) is 9.27. The average molecular weight is 295 g/mol. The second kappa shape index (κ2) is 6.17. The van der Waals surface area contributed by atoms with Crippen LogP contribution >= 0.6 is 0 Å². The van der Waals surface area contributed by atoms with Crippen LogP contribution in [0.1, 0.15) is 48.3 Å². The Morgan fingerprint density at radius 2 is 1.45 bits per heavy atom. The lowest BCUT2D eigenvalue weighted by Crippen LogP contribution is -2.23. The van der Waals surface area contributed by atoms with E-state index in [4.69, 9.17) is 0 Å². The van der Waals surface area contributed by atoms with Gasteiger partial charge in [0.2, 0.25) is 0 Å². The van der Waals surface area contributed by atoms with Gasteiger partial charge < -0.3 is 0 Å². The summed E-state index contributed by atoms with van der Waals surface area (Å²) in [6.45, 7) is 10.9. The van der Waals surface area contributed by atoms with Crippen LogP contribution in [0.15, 0.2) is 24.3 Å². The Labute approximate surface area is 133 Å². The van der Waals surface area contributed by atoms with Crippen LogP contribution in [0.5, 0.6) is 0 Å². The summed E-state index contributed by atoms with van der Waals surface area (Å²) in [4.78, 5) is 11.8. The molecule has 2 aromatic rings. The van der Waals surface area contributed by atoms with Crippen molar-refractivity contribution in [3.05, 3.63) is 46.8 Å². The van der Waals surface area contributed by atoms with Crippen LogP contribution in [-0.4, -0.2) is 28.0 Å². The van der Waals surface area contributed by atoms with Crippen molar-refractivity contribution in [3.63, 3.8) is 0 Å². The second-order valence-corrected chi connectivity index (χ2v) is 6.38. The highest BCUT2D eigenvalue weighted by Crippen LogP contribution is 2.26. The molecular weight excluding hydrogens is 270 g/mol. The quantitative estimate of drug-likeness (QED) is 0.848. The van der Waals surface area contributed by atoms with Crippen LogP contribution in [0.4, 0.5) is 0 Å². The van der Waals surface area contributed by atoms with Gasteiger partial charge >= 0.3 is 0 Å². The molecule has 3 nitrogen and oxygen atoms in total. The molecule has 0 N–H and O–H groups in total. The summed E-state index contributed by atoms with van der Waals surface area (Å²) < 4.78 is 0. The third kappa shape index (κ3) is 2.91. The number of hydrogen-bond donors (Lipinski definition) is 0. The number of nitrogens with zero attached hydrogens (tertiary/aromatic N) is 3. The Hall–Kier alpha value is -1.74. The molecule has 3 rings (SSSR count). The van der Waals surface area contributed by atoms with Gasteiger partial charge in [-0.05, 0) is 64.8 Å². The topological polar surface area (TPSA) is 29.0 Å². The SMILES string of the molecule is Cc1nc(-c2ccc(C(C)N3CCCC3)cc2)nc(C)c1C. The van der Waals surface area contributed by atoms with E-state index < -0.39 is 0 Å². The van der Waals surface area contributed by atoms with Gasteiger partial charge in [0.05, 0.1) is 0 Å². The Morgan fingerprint density at radius 3 is 2.00 bits per heavy atom. The summed E-state index contributed by atoms with van der Waals surface area (Å²) in [6.07, 6.45) is 2.66. The highest BCUT2D eigenvalue weighted by molar-refractivity contribution is 5.56. The van der Waals surface area contributed by atoms with Gasteiger partial charge in [-0.3, -0.25) is 4.90 Å². The van der Waals surface area contributed by atoms with Crippen LogP contribution in [0.3, 0.4) is 0 Å². The maximum Gasteiger partial charge on any atom is 0.159 e. The minimum atomic E-state index is 0.499. The average Bonchev–Trinajstić information content (AvgIpc) is 3.06. The molecule has 0 spiro atoms. The monoisotopic (exact) mass is 295 g/mol. The van der Waals surface area contributed by atoms with Crippen LogP contribution < -0.4 is 0 Å². The fourth-order valence-electron chi connectivity index (χ4n) is 3.15. The fourth-order valence-corrected chi connectivity index (χ4v) is 3.15. The van der Waals surface area contributed by atoms with E-state index in [1.807, 2.05) is 0 Å². The first-order valence-corrected chi connectivity index (χ1v) is 8.22. The van der Waals surface area contributed by atoms with Crippen LogP contribution in [0, 0.1) is 20.8 Å². The minimum absolute atomic E-state index is 0.499. The number of benzene rings is 1. The Balaban J connectivity index is 1.85. The van der Waals surface area contributed by atoms with Crippen molar-refractivity contribution in [2.24, 2.45) is 0 Å². The zero-order valence-electron chi connectivity index (χ0n) is 14.1. The summed E-state index contributed by atoms with van der Waals surface area (Å²) in [7, 11) is 0. The van der Waals surface area contributed by atoms with E-state index in [1.54, 1.807) is 0 Å². The summed E-state index contributed by atoms with van der Waals surface area (Å²) in [5.41, 5.74) is 5.80. The van der Waals surface area contributed by atoms with Gasteiger partial charge in [0.1, 0.15) is 0 Å². The van der Waals surface area contributed by atoms with E-state index in [1.165, 1.54) is 37.1 Å². The van der Waals surface area contributed by atoms with Gasteiger partial charge in [-0.15, -0.1) is 0 Å². The third-order valence-corrected chi connectivity index (χ3v) is 4.97. The van der Waals surface area contributed by atoms with Crippen molar-refractivity contribution in [1.82, 2.24) is 14.9 Å². The molecule has 22 heavy (non-hydrogen) atoms. The molecule has 1 unspecified atom stereocenters. The van der Waals surface area contributed by atoms with Gasteiger partial charge in [-0.2, -0.15) is 0 Å². The van der Waals surface area contributed by atoms with Gasteiger partial charge in [-0.25, -0.2) is 9.97 Å². The Kier molecular flexibility index (Phi) is 4.25. The first-order valence-electron chi connectivity index (χ1n) is 8.22. The zero-order valence-corrected chi connectivity index (χ0v) is 14.1. The zero-order chi connectivity index (χ0) is 15.7. The van der Waals surface area contributed by atoms with Gasteiger partial charge in [-0.1, -0.05) is 24.3 Å². The smallest absolute Gasteiger partial charge is 0.159 e. The predicted octanol–water partition coefficient (Wildman–Crippen LogP) is 4.23. The number of aromatic nitrogens is 2. The van der Waals surface area contributed by atoms with Crippen molar-refractivity contribution >= 4 is 0 Å². The molecular formula is C19H25N3. The first kappa shape index (κ1) is 15.2. The number of hydrogen-bond acceptors (Lipinski definition) is 3. The highest BCUT2D eigenvalue weighted by atomic mass is 15.2. The minimum Gasteiger partial charge on any atom is -0.297 e. The molecule has 1 fully saturated rings. The lowest BCUT2D eigenvalue weighted by atomic mass is 10.0. The fraction of sp³-hybridized carbons (Fsp3) is 0.474. The molecule has 0 aliphatic carbocycles. The van der Waals surface area contributed by atoms with Crippen LogP contribution in [0.25, 0.3) is 11.4 Å². The molecule has 1 saturated heterocycles. The second-order valence-electron chi connectivity index (χ2n) is 6.38. The Morgan fingerprint density at radius 1 is 0.909 bits per heavy atom. The van der Waals surface area contributed by atoms with Crippen molar-refractivity contribution in [2.45, 2.75) is 46.6 Å². The van der Waals surface area contributed by atoms with Crippen molar-refractivity contribution in [3.8, 4) is 11.4 Å². The van der Waals surface area contributed by atoms with E-state index in [9.17, 15) is 0 Å². The molecule has 1 aliphatic heterocycles. The standard InChI is InChI=1S/C19H25N3/c1-13-14(2)20-19(21-15(13)3)18-9-7-17(8-10-18)16(4)22-11-5-6-12-22/h7-10,16H,5-6,11-12H2,1-4H3. The lowest BCUT2D eigenvalue weighted by Gasteiger charge is -2.24. The molecule has 116 valence electrons. The predicted molar refractivity (Wildman–Crippen MR) is 90.9 cm³/mol. The normalized spacial score (nSPS) is 16.9. The molecule has 0 bridgehead atoms. The van der Waals surface area contributed by atoms with E-state index >= 15 is 0 Å². The van der Waals surface area contributed by atoms with Crippen molar-refractivity contribution in [2.75, 3.05) is 13.1 Å². The van der Waals surface area contributed by atoms with Crippen LogP contribution in [-0.2, 0) is 0 Å². The molecule has 0 amide bonds. The number of aryl methyl sites for hydroxylation is 2. The third-order valence-electron chi connectivity index (χ3n) is 4.97. The van der Waals surface area contributed by atoms with Gasteiger partial charge in [0, 0.05) is 23.0 Å². The summed E-state index contributed by atoms with van der Waals surface area (Å²) in [5, 5.41) is 0. The van der Waals surface area contributed by atoms with Crippen LogP contribution in [0.2, 0.25) is 0 Å².